The van der Waals surface area contributed by atoms with E-state index in [0.29, 0.717) is 10.0 Å². The second-order valence-electron chi connectivity index (χ2n) is 3.37. The average Bonchev–Trinajstić information content (AvgIpc) is 2.34. The van der Waals surface area contributed by atoms with Gasteiger partial charge in [0, 0.05) is 10.0 Å². The fourth-order valence-electron chi connectivity index (χ4n) is 1.32. The summed E-state index contributed by atoms with van der Waals surface area (Å²) in [6.45, 7) is 0. The Kier molecular flexibility index (Phi) is 3.88. The van der Waals surface area contributed by atoms with Gasteiger partial charge in [-0.05, 0) is 24.3 Å². The van der Waals surface area contributed by atoms with Crippen molar-refractivity contribution >= 4 is 27.8 Å². The molecule has 0 amide bonds. The summed E-state index contributed by atoms with van der Waals surface area (Å²) >= 11 is 3.27. The van der Waals surface area contributed by atoms with Gasteiger partial charge in [-0.25, -0.2) is 4.39 Å². The van der Waals surface area contributed by atoms with Gasteiger partial charge in [0.15, 0.2) is 0 Å². The summed E-state index contributed by atoms with van der Waals surface area (Å²) < 4.78 is 14.1. The average molecular weight is 293 g/mol. The maximum Gasteiger partial charge on any atom is 0.133 e. The first-order valence-electron chi connectivity index (χ1n) is 5.05. The van der Waals surface area contributed by atoms with E-state index in [0.717, 1.165) is 5.69 Å². The predicted octanol–water partition coefficient (Wildman–Crippen LogP) is 4.03. The van der Waals surface area contributed by atoms with Gasteiger partial charge in [0.25, 0.3) is 0 Å². The van der Waals surface area contributed by atoms with E-state index < -0.39 is 0 Å². The maximum absolute atomic E-state index is 13.4. The van der Waals surface area contributed by atoms with Crippen LogP contribution >= 0.6 is 15.9 Å². The largest absolute Gasteiger partial charge is 0.279 e. The highest BCUT2D eigenvalue weighted by Gasteiger charge is 2.02. The third kappa shape index (κ3) is 3.14. The molecule has 17 heavy (non-hydrogen) atoms. The zero-order valence-electron chi connectivity index (χ0n) is 8.90. The number of para-hydroxylation sites is 1. The van der Waals surface area contributed by atoms with Crippen LogP contribution in [-0.4, -0.2) is 6.21 Å². The number of nitrogens with one attached hydrogen (secondary N) is 1. The Morgan fingerprint density at radius 1 is 1.06 bits per heavy atom. The molecule has 2 aromatic carbocycles. The zero-order chi connectivity index (χ0) is 12.1. The van der Waals surface area contributed by atoms with E-state index >= 15 is 0 Å². The number of nitrogens with zero attached hydrogens (tertiary/aromatic N) is 1. The second-order valence-corrected chi connectivity index (χ2v) is 4.23. The third-order valence-electron chi connectivity index (χ3n) is 2.16. The smallest absolute Gasteiger partial charge is 0.133 e. The number of benzene rings is 2. The van der Waals surface area contributed by atoms with Crippen LogP contribution in [0.25, 0.3) is 0 Å². The van der Waals surface area contributed by atoms with Crippen LogP contribution < -0.4 is 5.43 Å². The highest BCUT2D eigenvalue weighted by atomic mass is 79.9. The molecule has 0 unspecified atom stereocenters. The topological polar surface area (TPSA) is 24.4 Å². The van der Waals surface area contributed by atoms with E-state index in [4.69, 9.17) is 0 Å². The lowest BCUT2D eigenvalue weighted by atomic mass is 10.2. The first-order valence-corrected chi connectivity index (χ1v) is 5.85. The van der Waals surface area contributed by atoms with E-state index in [1.54, 1.807) is 12.1 Å². The Bertz CT molecular complexity index is 506. The summed E-state index contributed by atoms with van der Waals surface area (Å²) in [5, 5.41) is 3.99. The molecule has 2 rings (SSSR count). The van der Waals surface area contributed by atoms with Gasteiger partial charge >= 0.3 is 0 Å². The van der Waals surface area contributed by atoms with Gasteiger partial charge in [-0.2, -0.15) is 5.10 Å². The first kappa shape index (κ1) is 11.8. The summed E-state index contributed by atoms with van der Waals surface area (Å²) in [4.78, 5) is 0. The fraction of sp³-hybridized carbons (Fsp3) is 0. The Morgan fingerprint density at radius 3 is 2.53 bits per heavy atom. The normalized spacial score (nSPS) is 10.7. The maximum atomic E-state index is 13.4. The number of halogens is 2. The summed E-state index contributed by atoms with van der Waals surface area (Å²) in [6.07, 6.45) is 1.45. The molecule has 0 aliphatic rings. The second kappa shape index (κ2) is 5.59. The van der Waals surface area contributed by atoms with E-state index in [9.17, 15) is 4.39 Å². The molecule has 1 N–H and O–H groups in total. The molecule has 4 heteroatoms. The molecular weight excluding hydrogens is 283 g/mol. The van der Waals surface area contributed by atoms with Crippen LogP contribution in [0.15, 0.2) is 58.1 Å². The summed E-state index contributed by atoms with van der Waals surface area (Å²) in [7, 11) is 0. The lowest BCUT2D eigenvalue weighted by Gasteiger charge is -2.01. The fourth-order valence-corrected chi connectivity index (χ4v) is 1.76. The summed E-state index contributed by atoms with van der Waals surface area (Å²) in [5.41, 5.74) is 4.11. The minimum Gasteiger partial charge on any atom is -0.279 e. The van der Waals surface area contributed by atoms with Gasteiger partial charge in [0.05, 0.1) is 11.9 Å². The zero-order valence-corrected chi connectivity index (χ0v) is 10.5. The van der Waals surface area contributed by atoms with Crippen molar-refractivity contribution in [3.63, 3.8) is 0 Å². The molecule has 2 nitrogen and oxygen atoms in total. The molecule has 0 atom stereocenters. The van der Waals surface area contributed by atoms with E-state index in [1.807, 2.05) is 30.3 Å². The van der Waals surface area contributed by atoms with Gasteiger partial charge in [0.1, 0.15) is 5.82 Å². The lowest BCUT2D eigenvalue weighted by Crippen LogP contribution is -1.94. The van der Waals surface area contributed by atoms with Crippen molar-refractivity contribution < 1.29 is 4.39 Å². The van der Waals surface area contributed by atoms with Crippen LogP contribution in [0.4, 0.5) is 10.1 Å². The van der Waals surface area contributed by atoms with Gasteiger partial charge < -0.3 is 0 Å². The molecule has 0 fully saturated rings. The first-order chi connectivity index (χ1) is 8.27. The van der Waals surface area contributed by atoms with E-state index in [-0.39, 0.29) is 5.82 Å². The number of rotatable bonds is 3. The van der Waals surface area contributed by atoms with Crippen molar-refractivity contribution in [2.75, 3.05) is 5.43 Å². The van der Waals surface area contributed by atoms with Crippen molar-refractivity contribution in [3.8, 4) is 0 Å². The number of anilines is 1. The van der Waals surface area contributed by atoms with Gasteiger partial charge in [-0.15, -0.1) is 0 Å². The quantitative estimate of drug-likeness (QED) is 0.670. The lowest BCUT2D eigenvalue weighted by molar-refractivity contribution is 0.625. The summed E-state index contributed by atoms with van der Waals surface area (Å²) in [5.74, 6) is -0.307. The van der Waals surface area contributed by atoms with Gasteiger partial charge in [-0.3, -0.25) is 5.43 Å². The molecule has 0 saturated heterocycles. The highest BCUT2D eigenvalue weighted by molar-refractivity contribution is 9.10. The van der Waals surface area contributed by atoms with Gasteiger partial charge in [-0.1, -0.05) is 40.2 Å². The molecule has 0 radical (unpaired) electrons. The molecular formula is C13H10BrFN2. The van der Waals surface area contributed by atoms with Crippen LogP contribution in [0.3, 0.4) is 0 Å². The number of hydrogen-bond donors (Lipinski definition) is 1. The van der Waals surface area contributed by atoms with Crippen LogP contribution in [0.2, 0.25) is 0 Å². The summed E-state index contributed by atoms with van der Waals surface area (Å²) in [6, 6.07) is 14.3. The molecule has 0 heterocycles. The van der Waals surface area contributed by atoms with Crippen molar-refractivity contribution in [2.24, 2.45) is 5.10 Å². The van der Waals surface area contributed by atoms with Crippen LogP contribution in [0, 0.1) is 5.82 Å². The van der Waals surface area contributed by atoms with Crippen LogP contribution in [0.5, 0.6) is 0 Å². The molecule has 0 spiro atoms. The predicted molar refractivity (Wildman–Crippen MR) is 71.8 cm³/mol. The number of hydrazone groups is 1. The molecule has 0 aromatic heterocycles. The standard InChI is InChI=1S/C13H10BrFN2/c14-12-7-4-8-13(15)11(12)9-16-17-10-5-2-1-3-6-10/h1-9,17H. The van der Waals surface area contributed by atoms with Crippen molar-refractivity contribution in [3.05, 3.63) is 64.4 Å². The minimum atomic E-state index is -0.307. The van der Waals surface area contributed by atoms with E-state index in [1.165, 1.54) is 12.3 Å². The number of hydrogen-bond acceptors (Lipinski definition) is 2. The van der Waals surface area contributed by atoms with Crippen LogP contribution in [0.1, 0.15) is 5.56 Å². The molecule has 0 bridgehead atoms. The van der Waals surface area contributed by atoms with Gasteiger partial charge in [0.2, 0.25) is 0 Å². The van der Waals surface area contributed by atoms with Crippen molar-refractivity contribution in [1.29, 1.82) is 0 Å². The Balaban J connectivity index is 2.11. The third-order valence-corrected chi connectivity index (χ3v) is 2.85. The highest BCUT2D eigenvalue weighted by Crippen LogP contribution is 2.17. The van der Waals surface area contributed by atoms with Crippen molar-refractivity contribution in [1.82, 2.24) is 0 Å². The Morgan fingerprint density at radius 2 is 1.82 bits per heavy atom. The molecule has 86 valence electrons. The Labute approximate surface area is 107 Å². The SMILES string of the molecule is Fc1cccc(Br)c1C=NNc1ccccc1. The molecule has 0 aliphatic heterocycles. The molecule has 0 aliphatic carbocycles. The Hall–Kier alpha value is -1.68. The van der Waals surface area contributed by atoms with Crippen LogP contribution in [-0.2, 0) is 0 Å². The monoisotopic (exact) mass is 292 g/mol. The van der Waals surface area contributed by atoms with Crippen molar-refractivity contribution in [2.45, 2.75) is 0 Å². The molecule has 2 aromatic rings. The van der Waals surface area contributed by atoms with E-state index in [2.05, 4.69) is 26.5 Å². The molecule has 0 saturated carbocycles. The minimum absolute atomic E-state index is 0.307.